The topological polar surface area (TPSA) is 101 Å². The summed E-state index contributed by atoms with van der Waals surface area (Å²) in [6, 6.07) is 1.39. The summed E-state index contributed by atoms with van der Waals surface area (Å²) in [6.07, 6.45) is -14.8. The Morgan fingerprint density at radius 1 is 0.892 bits per heavy atom. The fourth-order valence-corrected chi connectivity index (χ4v) is 3.18. The largest absolute Gasteiger partial charge is 0.417 e. The van der Waals surface area contributed by atoms with Crippen LogP contribution in [-0.4, -0.2) is 33.8 Å². The van der Waals surface area contributed by atoms with Crippen molar-refractivity contribution < 1.29 is 44.3 Å². The lowest BCUT2D eigenvalue weighted by molar-refractivity contribution is -0.143. The average molecular weight is 544 g/mol. The van der Waals surface area contributed by atoms with E-state index in [9.17, 15) is 44.3 Å². The lowest BCUT2D eigenvalue weighted by Gasteiger charge is -2.26. The van der Waals surface area contributed by atoms with Crippen LogP contribution in [0.15, 0.2) is 35.6 Å². The summed E-state index contributed by atoms with van der Waals surface area (Å²) in [5, 5.41) is 4.30. The summed E-state index contributed by atoms with van der Waals surface area (Å²) in [7, 11) is 1.19. The summed E-state index contributed by atoms with van der Waals surface area (Å²) in [4.78, 5) is 16.7. The van der Waals surface area contributed by atoms with E-state index in [0.29, 0.717) is 29.5 Å². The van der Waals surface area contributed by atoms with Gasteiger partial charge in [-0.3, -0.25) is 9.78 Å². The van der Waals surface area contributed by atoms with E-state index in [4.69, 9.17) is 11.6 Å². The molecule has 16 heteroatoms. The maximum absolute atomic E-state index is 13.3. The van der Waals surface area contributed by atoms with Crippen molar-refractivity contribution >= 4 is 11.7 Å². The molecule has 204 valence electrons. The molecule has 0 saturated carbocycles. The zero-order valence-corrected chi connectivity index (χ0v) is 19.3. The molecule has 1 aromatic carbocycles. The minimum atomic E-state index is -5.14. The maximum atomic E-state index is 13.3. The third-order valence-electron chi connectivity index (χ3n) is 4.85. The van der Waals surface area contributed by atoms with Crippen molar-refractivity contribution in [3.63, 3.8) is 0 Å². The minimum Gasteiger partial charge on any atom is -0.368 e. The number of halogens is 9. The van der Waals surface area contributed by atoms with Crippen molar-refractivity contribution in [1.29, 1.82) is 0 Å². The van der Waals surface area contributed by atoms with E-state index in [1.54, 1.807) is 0 Å². The van der Waals surface area contributed by atoms with Crippen LogP contribution in [0.5, 0.6) is 0 Å². The second kappa shape index (κ2) is 10.8. The lowest BCUT2D eigenvalue weighted by Crippen LogP contribution is -2.39. The number of Topliss-reactive ketones (excluding diaryl/α,β-unsaturated/α-hetero) is 1. The number of pyridine rings is 1. The van der Waals surface area contributed by atoms with Gasteiger partial charge in [0.15, 0.2) is 5.78 Å². The number of ketones is 1. The van der Waals surface area contributed by atoms with Crippen LogP contribution in [0.1, 0.15) is 51.7 Å². The Morgan fingerprint density at radius 2 is 1.41 bits per heavy atom. The molecule has 0 spiro atoms. The van der Waals surface area contributed by atoms with Crippen LogP contribution in [0.25, 0.3) is 0 Å². The molecule has 0 saturated heterocycles. The van der Waals surface area contributed by atoms with Gasteiger partial charge in [0.1, 0.15) is 5.69 Å². The molecule has 0 radical (unpaired) electrons. The third-order valence-corrected chi connectivity index (χ3v) is 4.85. The van der Waals surface area contributed by atoms with E-state index in [0.717, 1.165) is 4.90 Å². The van der Waals surface area contributed by atoms with Gasteiger partial charge in [0.2, 0.25) is 5.96 Å². The highest BCUT2D eigenvalue weighted by Crippen LogP contribution is 2.37. The number of hydrazone groups is 1. The monoisotopic (exact) mass is 544 g/mol. The first-order valence-electron chi connectivity index (χ1n) is 10.3. The summed E-state index contributed by atoms with van der Waals surface area (Å²) in [6.45, 7) is -0.0331. The fourth-order valence-electron chi connectivity index (χ4n) is 3.18. The first-order valence-corrected chi connectivity index (χ1v) is 10.3. The molecule has 2 rings (SSSR count). The normalized spacial score (nSPS) is 13.0. The molecule has 7 nitrogen and oxygen atoms in total. The van der Waals surface area contributed by atoms with Gasteiger partial charge >= 0.3 is 18.5 Å². The van der Waals surface area contributed by atoms with Crippen LogP contribution >= 0.6 is 0 Å². The Bertz CT molecular complexity index is 1120. The zero-order valence-electron chi connectivity index (χ0n) is 19.3. The third kappa shape index (κ3) is 7.96. The van der Waals surface area contributed by atoms with E-state index in [-0.39, 0.29) is 23.7 Å². The average Bonchev–Trinajstić information content (AvgIpc) is 2.75. The van der Waals surface area contributed by atoms with Gasteiger partial charge in [0.25, 0.3) is 0 Å². The molecule has 0 unspecified atom stereocenters. The Morgan fingerprint density at radius 3 is 1.84 bits per heavy atom. The van der Waals surface area contributed by atoms with Gasteiger partial charge in [-0.15, -0.1) is 5.10 Å². The fraction of sp³-hybridized carbons (Fsp3) is 0.381. The van der Waals surface area contributed by atoms with Gasteiger partial charge in [-0.05, 0) is 29.8 Å². The summed E-state index contributed by atoms with van der Waals surface area (Å²) in [5.41, 5.74) is 0.131. The van der Waals surface area contributed by atoms with E-state index in [1.165, 1.54) is 14.0 Å². The number of benzene rings is 1. The Kier molecular flexibility index (Phi) is 8.68. The Balaban J connectivity index is 2.66. The molecular formula is C21H21F9N6O. The summed E-state index contributed by atoms with van der Waals surface area (Å²) >= 11 is 0. The number of alkyl halides is 9. The lowest BCUT2D eigenvalue weighted by atomic mass is 10.0. The number of nitrogens with zero attached hydrogens (tertiary/aromatic N) is 4. The number of aromatic nitrogens is 1. The number of carbonyl (C=O) groups is 1. The second-order valence-corrected chi connectivity index (χ2v) is 7.81. The molecular weight excluding hydrogens is 523 g/mol. The van der Waals surface area contributed by atoms with Crippen LogP contribution < -0.4 is 11.6 Å². The van der Waals surface area contributed by atoms with E-state index in [1.807, 2.05) is 0 Å². The number of hydrogen-bond acceptors (Lipinski definition) is 5. The Labute approximate surface area is 204 Å². The van der Waals surface area contributed by atoms with Gasteiger partial charge in [-0.25, -0.2) is 11.0 Å². The van der Waals surface area contributed by atoms with Gasteiger partial charge in [0.05, 0.1) is 16.7 Å². The second-order valence-electron chi connectivity index (χ2n) is 7.81. The van der Waals surface area contributed by atoms with Crippen LogP contribution in [-0.2, 0) is 31.6 Å². The standard InChI is InChI=1S/C21H21F9N6O/c1-3-16(37)17-12(6-15(8-33-17)21(28,29)30)10-36(18(31)34-35(2)32)9-11-4-13(19(22,23)24)7-14(5-11)20(25,26)27/h4-8H,3,9-10,32H2,1-2H3,(H2,31,34). The Hall–Kier alpha value is -3.56. The summed E-state index contributed by atoms with van der Waals surface area (Å²) in [5.74, 6) is 4.16. The molecule has 37 heavy (non-hydrogen) atoms. The van der Waals surface area contributed by atoms with E-state index in [2.05, 4.69) is 10.1 Å². The number of hydrogen-bond donors (Lipinski definition) is 2. The van der Waals surface area contributed by atoms with Crippen LogP contribution in [0, 0.1) is 0 Å². The molecule has 0 amide bonds. The minimum absolute atomic E-state index is 0.0757. The highest BCUT2D eigenvalue weighted by molar-refractivity contribution is 5.95. The van der Waals surface area contributed by atoms with Crippen LogP contribution in [0.4, 0.5) is 39.5 Å². The smallest absolute Gasteiger partial charge is 0.368 e. The first kappa shape index (κ1) is 29.7. The number of carbonyl (C=O) groups excluding carboxylic acids is 1. The molecule has 0 aliphatic carbocycles. The first-order chi connectivity index (χ1) is 16.8. The predicted molar refractivity (Wildman–Crippen MR) is 113 cm³/mol. The zero-order chi connectivity index (χ0) is 28.3. The van der Waals surface area contributed by atoms with Gasteiger partial charge in [-0.1, -0.05) is 6.92 Å². The van der Waals surface area contributed by atoms with Crippen LogP contribution in [0.2, 0.25) is 0 Å². The molecule has 1 aromatic heterocycles. The van der Waals surface area contributed by atoms with E-state index >= 15 is 0 Å². The molecule has 0 atom stereocenters. The molecule has 0 aliphatic heterocycles. The highest BCUT2D eigenvalue weighted by atomic mass is 19.4. The van der Waals surface area contributed by atoms with E-state index < -0.39 is 65.6 Å². The highest BCUT2D eigenvalue weighted by Gasteiger charge is 2.37. The number of rotatable bonds is 7. The van der Waals surface area contributed by atoms with Gasteiger partial charge in [-0.2, -0.15) is 39.5 Å². The SMILES string of the molecule is CCC(=O)c1ncc(C(F)(F)F)cc1CN(Cc1cc(C(F)(F)F)cc(C(F)(F)F)c1)/C(N)=N/N(C)N. The van der Waals surface area contributed by atoms with Crippen molar-refractivity contribution in [2.45, 2.75) is 45.0 Å². The van der Waals surface area contributed by atoms with Gasteiger partial charge < -0.3 is 10.6 Å². The van der Waals surface area contributed by atoms with Crippen molar-refractivity contribution in [2.75, 3.05) is 7.05 Å². The number of nitrogens with two attached hydrogens (primary N) is 2. The molecule has 0 aliphatic rings. The van der Waals surface area contributed by atoms with Gasteiger partial charge in [0, 0.05) is 38.3 Å². The van der Waals surface area contributed by atoms with Crippen molar-refractivity contribution in [1.82, 2.24) is 15.0 Å². The molecule has 2 aromatic rings. The van der Waals surface area contributed by atoms with Crippen molar-refractivity contribution in [2.24, 2.45) is 16.7 Å². The predicted octanol–water partition coefficient (Wildman–Crippen LogP) is 4.77. The molecule has 0 bridgehead atoms. The number of guanidine groups is 1. The van der Waals surface area contributed by atoms with Crippen molar-refractivity contribution in [3.8, 4) is 0 Å². The molecule has 0 fully saturated rings. The van der Waals surface area contributed by atoms with Crippen molar-refractivity contribution in [3.05, 3.63) is 64.0 Å². The molecule has 4 N–H and O–H groups in total. The quantitative estimate of drug-likeness (QED) is 0.130. The number of hydrazine groups is 1. The molecule has 1 heterocycles. The maximum Gasteiger partial charge on any atom is 0.417 e. The van der Waals surface area contributed by atoms with Crippen LogP contribution in [0.3, 0.4) is 0 Å². The summed E-state index contributed by atoms with van der Waals surface area (Å²) < 4.78 is 120.